The van der Waals surface area contributed by atoms with Crippen molar-refractivity contribution >= 4 is 47.4 Å². The summed E-state index contributed by atoms with van der Waals surface area (Å²) in [4.78, 5) is 4.91. The SMILES string of the molecule is C[Si](C)(C)c1ccc(-c2cc(N(c3ccc(-c4ccccc4)cc3)c3ccc(-c4ccccc4)cc3)c(N(c3ccc(-c4ccccc4)cc3)c3ccc(-c4ccccc4)cc3)cc2-c2ccccc2)cc1. The molecule has 0 radical (unpaired) electrons. The van der Waals surface area contributed by atoms with E-state index in [9.17, 15) is 0 Å². The Morgan fingerprint density at radius 1 is 0.222 bits per heavy atom. The highest BCUT2D eigenvalue weighted by Crippen LogP contribution is 2.51. The molecule has 0 saturated heterocycles. The molecule has 346 valence electrons. The van der Waals surface area contributed by atoms with Crippen LogP contribution in [0.5, 0.6) is 0 Å². The summed E-state index contributed by atoms with van der Waals surface area (Å²) in [6, 6.07) is 104. The normalized spacial score (nSPS) is 11.3. The minimum atomic E-state index is -1.58. The zero-order chi connectivity index (χ0) is 48.9. The van der Waals surface area contributed by atoms with Crippen molar-refractivity contribution in [2.75, 3.05) is 9.80 Å². The molecule has 2 nitrogen and oxygen atoms in total. The van der Waals surface area contributed by atoms with Crippen LogP contribution < -0.4 is 15.0 Å². The third-order valence-corrected chi connectivity index (χ3v) is 15.7. The van der Waals surface area contributed by atoms with Crippen LogP contribution in [0.2, 0.25) is 19.6 Å². The number of hydrogen-bond donors (Lipinski definition) is 0. The Kier molecular flexibility index (Phi) is 12.9. The summed E-state index contributed by atoms with van der Waals surface area (Å²) in [6.07, 6.45) is 0. The third kappa shape index (κ3) is 9.71. The lowest BCUT2D eigenvalue weighted by Gasteiger charge is -2.35. The molecule has 0 aliphatic heterocycles. The van der Waals surface area contributed by atoms with Gasteiger partial charge in [-0.2, -0.15) is 0 Å². The van der Waals surface area contributed by atoms with E-state index in [1.165, 1.54) is 55.3 Å². The maximum absolute atomic E-state index is 2.46. The Morgan fingerprint density at radius 3 is 0.681 bits per heavy atom. The molecule has 0 N–H and O–H groups in total. The number of nitrogens with zero attached hydrogens (tertiary/aromatic N) is 2. The lowest BCUT2D eigenvalue weighted by atomic mass is 9.92. The summed E-state index contributed by atoms with van der Waals surface area (Å²) in [6.45, 7) is 7.25. The molecule has 0 bridgehead atoms. The largest absolute Gasteiger partial charge is 0.308 e. The van der Waals surface area contributed by atoms with Crippen molar-refractivity contribution in [2.45, 2.75) is 19.6 Å². The average molecular weight is 941 g/mol. The number of anilines is 6. The fourth-order valence-corrected chi connectivity index (χ4v) is 10.9. The number of rotatable bonds is 13. The van der Waals surface area contributed by atoms with Crippen LogP contribution in [0.3, 0.4) is 0 Å². The van der Waals surface area contributed by atoms with E-state index < -0.39 is 8.07 Å². The van der Waals surface area contributed by atoms with E-state index in [1.807, 2.05) is 0 Å². The summed E-state index contributed by atoms with van der Waals surface area (Å²) in [5.74, 6) is 0. The van der Waals surface area contributed by atoms with Crippen molar-refractivity contribution in [3.05, 3.63) is 285 Å². The standard InChI is InChI=1S/C69H56N2Si/c1-72(2,3)65-47-37-60(38-48-65)67-50-69(71(63-43-33-57(34-44-63)53-23-13-6-14-24-53)64-45-35-58(36-46-64)54-25-15-7-16-26-54)68(49-66(67)59-27-17-8-18-28-59)70(61-39-29-55(30-40-61)51-19-9-4-10-20-51)62-41-31-56(32-42-62)52-21-11-5-12-22-52/h4-50H,1-3H3. The smallest absolute Gasteiger partial charge is 0.0775 e. The van der Waals surface area contributed by atoms with Crippen LogP contribution in [0, 0.1) is 0 Å². The van der Waals surface area contributed by atoms with Gasteiger partial charge in [0.05, 0.1) is 19.4 Å². The number of benzene rings is 11. The quantitative estimate of drug-likeness (QED) is 0.106. The molecule has 0 aliphatic rings. The summed E-state index contributed by atoms with van der Waals surface area (Å²) in [7, 11) is -1.58. The van der Waals surface area contributed by atoms with Crippen LogP contribution in [-0.2, 0) is 0 Å². The second kappa shape index (κ2) is 20.3. The molecule has 3 heteroatoms. The van der Waals surface area contributed by atoms with E-state index in [-0.39, 0.29) is 0 Å². The number of hydrogen-bond acceptors (Lipinski definition) is 2. The lowest BCUT2D eigenvalue weighted by molar-refractivity contribution is 1.23. The molecular weight excluding hydrogens is 885 g/mol. The van der Waals surface area contributed by atoms with Crippen LogP contribution >= 0.6 is 0 Å². The average Bonchev–Trinajstić information content (AvgIpc) is 3.45. The van der Waals surface area contributed by atoms with Crippen molar-refractivity contribution in [3.8, 4) is 66.8 Å². The van der Waals surface area contributed by atoms with Gasteiger partial charge in [0.25, 0.3) is 0 Å². The van der Waals surface area contributed by atoms with Crippen molar-refractivity contribution < 1.29 is 0 Å². The van der Waals surface area contributed by atoms with Gasteiger partial charge in [-0.3, -0.25) is 0 Å². The topological polar surface area (TPSA) is 6.48 Å². The van der Waals surface area contributed by atoms with E-state index >= 15 is 0 Å². The molecule has 0 spiro atoms. The van der Waals surface area contributed by atoms with Crippen molar-refractivity contribution in [3.63, 3.8) is 0 Å². The first-order chi connectivity index (χ1) is 35.3. The predicted octanol–water partition coefficient (Wildman–Crippen LogP) is 19.2. The highest BCUT2D eigenvalue weighted by atomic mass is 28.3. The minimum absolute atomic E-state index is 1.04. The molecule has 0 heterocycles. The highest BCUT2D eigenvalue weighted by molar-refractivity contribution is 6.88. The Bertz CT molecular complexity index is 3350. The van der Waals surface area contributed by atoms with Gasteiger partial charge in [-0.05, 0) is 127 Å². The van der Waals surface area contributed by atoms with Crippen LogP contribution in [0.25, 0.3) is 66.8 Å². The first-order valence-corrected chi connectivity index (χ1v) is 28.4. The predicted molar refractivity (Wildman–Crippen MR) is 311 cm³/mol. The van der Waals surface area contributed by atoms with Crippen molar-refractivity contribution in [1.29, 1.82) is 0 Å². The van der Waals surface area contributed by atoms with Gasteiger partial charge in [0, 0.05) is 22.7 Å². The first-order valence-electron chi connectivity index (χ1n) is 24.9. The van der Waals surface area contributed by atoms with E-state index in [1.54, 1.807) is 0 Å². The van der Waals surface area contributed by atoms with Crippen molar-refractivity contribution in [2.24, 2.45) is 0 Å². The van der Waals surface area contributed by atoms with Gasteiger partial charge < -0.3 is 9.80 Å². The molecule has 11 rings (SSSR count). The molecule has 0 saturated carbocycles. The Hall–Kier alpha value is -8.76. The summed E-state index contributed by atoms with van der Waals surface area (Å²) in [5.41, 5.74) is 20.3. The van der Waals surface area contributed by atoms with Crippen molar-refractivity contribution in [1.82, 2.24) is 0 Å². The van der Waals surface area contributed by atoms with Crippen LogP contribution in [-0.4, -0.2) is 8.07 Å². The Labute approximate surface area is 426 Å². The van der Waals surface area contributed by atoms with Crippen LogP contribution in [0.15, 0.2) is 285 Å². The van der Waals surface area contributed by atoms with Gasteiger partial charge in [-0.15, -0.1) is 0 Å². The fourth-order valence-electron chi connectivity index (χ4n) is 9.77. The second-order valence-electron chi connectivity index (χ2n) is 19.4. The first kappa shape index (κ1) is 45.7. The maximum atomic E-state index is 2.46. The monoisotopic (exact) mass is 940 g/mol. The molecule has 0 fully saturated rings. The van der Waals surface area contributed by atoms with Gasteiger partial charge in [0.2, 0.25) is 0 Å². The second-order valence-corrected chi connectivity index (χ2v) is 24.5. The lowest BCUT2D eigenvalue weighted by Crippen LogP contribution is -2.37. The van der Waals surface area contributed by atoms with E-state index in [4.69, 9.17) is 0 Å². The summed E-state index contributed by atoms with van der Waals surface area (Å²) < 4.78 is 0. The highest BCUT2D eigenvalue weighted by Gasteiger charge is 2.27. The van der Waals surface area contributed by atoms with Crippen LogP contribution in [0.1, 0.15) is 0 Å². The van der Waals surface area contributed by atoms with Gasteiger partial charge in [-0.1, -0.05) is 249 Å². The Balaban J connectivity index is 1.20. The maximum Gasteiger partial charge on any atom is 0.0775 e. The molecule has 72 heavy (non-hydrogen) atoms. The molecular formula is C69H56N2Si. The van der Waals surface area contributed by atoms with Gasteiger partial charge in [-0.25, -0.2) is 0 Å². The minimum Gasteiger partial charge on any atom is -0.308 e. The summed E-state index contributed by atoms with van der Waals surface area (Å²) >= 11 is 0. The van der Waals surface area contributed by atoms with Gasteiger partial charge in [0.1, 0.15) is 0 Å². The molecule has 11 aromatic carbocycles. The van der Waals surface area contributed by atoms with E-state index in [0.29, 0.717) is 0 Å². The van der Waals surface area contributed by atoms with Crippen LogP contribution in [0.4, 0.5) is 34.1 Å². The van der Waals surface area contributed by atoms with E-state index in [0.717, 1.165) is 50.8 Å². The molecule has 0 amide bonds. The van der Waals surface area contributed by atoms with Gasteiger partial charge in [0.15, 0.2) is 0 Å². The molecule has 0 unspecified atom stereocenters. The third-order valence-electron chi connectivity index (χ3n) is 13.7. The fraction of sp³-hybridized carbons (Fsp3) is 0.0435. The molecule has 0 aliphatic carbocycles. The molecule has 11 aromatic rings. The zero-order valence-corrected chi connectivity index (χ0v) is 42.0. The van der Waals surface area contributed by atoms with E-state index in [2.05, 4.69) is 315 Å². The molecule has 0 atom stereocenters. The Morgan fingerprint density at radius 2 is 0.431 bits per heavy atom. The summed E-state index contributed by atoms with van der Waals surface area (Å²) in [5, 5.41) is 1.44. The molecule has 0 aromatic heterocycles. The van der Waals surface area contributed by atoms with Gasteiger partial charge >= 0.3 is 0 Å². The zero-order valence-electron chi connectivity index (χ0n) is 41.0.